The first-order chi connectivity index (χ1) is 7.79. The van der Waals surface area contributed by atoms with E-state index in [0.29, 0.717) is 5.92 Å². The molecule has 1 saturated heterocycles. The predicted molar refractivity (Wildman–Crippen MR) is 66.7 cm³/mol. The van der Waals surface area contributed by atoms with Gasteiger partial charge in [0.05, 0.1) is 13.2 Å². The molecule has 16 heavy (non-hydrogen) atoms. The second-order valence-corrected chi connectivity index (χ2v) is 5.02. The van der Waals surface area contributed by atoms with Crippen LogP contribution in [0.2, 0.25) is 0 Å². The first-order valence-corrected chi connectivity index (χ1v) is 6.68. The Balaban J connectivity index is 1.74. The second-order valence-electron chi connectivity index (χ2n) is 5.02. The Hall–Kier alpha value is -0.120. The molecule has 3 heteroatoms. The van der Waals surface area contributed by atoms with Crippen molar-refractivity contribution in [3.8, 4) is 0 Å². The van der Waals surface area contributed by atoms with Crippen LogP contribution in [0.4, 0.5) is 0 Å². The van der Waals surface area contributed by atoms with Crippen LogP contribution in [0.25, 0.3) is 0 Å². The molecule has 1 heterocycles. The second kappa shape index (κ2) is 8.97. The van der Waals surface area contributed by atoms with Crippen LogP contribution in [0.5, 0.6) is 0 Å². The molecule has 0 radical (unpaired) electrons. The Morgan fingerprint density at radius 1 is 1.19 bits per heavy atom. The summed E-state index contributed by atoms with van der Waals surface area (Å²) in [5.74, 6) is 0.619. The van der Waals surface area contributed by atoms with Gasteiger partial charge in [-0.15, -0.1) is 0 Å². The minimum Gasteiger partial charge on any atom is -0.379 e. The molecule has 0 amide bonds. The van der Waals surface area contributed by atoms with Crippen LogP contribution in [-0.4, -0.2) is 39.0 Å². The van der Waals surface area contributed by atoms with Crippen molar-refractivity contribution in [2.75, 3.05) is 33.0 Å². The van der Waals surface area contributed by atoms with E-state index in [-0.39, 0.29) is 0 Å². The largest absolute Gasteiger partial charge is 0.379 e. The highest BCUT2D eigenvalue weighted by Gasteiger charge is 2.12. The Labute approximate surface area is 99.9 Å². The van der Waals surface area contributed by atoms with Gasteiger partial charge < -0.3 is 14.8 Å². The highest BCUT2D eigenvalue weighted by atomic mass is 16.5. The molecule has 1 fully saturated rings. The summed E-state index contributed by atoms with van der Waals surface area (Å²) in [4.78, 5) is 0. The van der Waals surface area contributed by atoms with E-state index in [2.05, 4.69) is 19.2 Å². The molecule has 0 spiro atoms. The summed E-state index contributed by atoms with van der Waals surface area (Å²) >= 11 is 0. The molecule has 1 aliphatic heterocycles. The summed E-state index contributed by atoms with van der Waals surface area (Å²) in [6, 6.07) is 0.751. The molecule has 0 saturated carbocycles. The van der Waals surface area contributed by atoms with Gasteiger partial charge in [-0.1, -0.05) is 13.8 Å². The summed E-state index contributed by atoms with van der Waals surface area (Å²) in [7, 11) is 0. The minimum absolute atomic E-state index is 0.619. The van der Waals surface area contributed by atoms with Gasteiger partial charge in [-0.2, -0.15) is 0 Å². The Bertz CT molecular complexity index is 156. The van der Waals surface area contributed by atoms with Gasteiger partial charge in [-0.05, 0) is 38.1 Å². The molecule has 0 aromatic heterocycles. The molecule has 96 valence electrons. The van der Waals surface area contributed by atoms with E-state index >= 15 is 0 Å². The lowest BCUT2D eigenvalue weighted by molar-refractivity contribution is 0.0362. The van der Waals surface area contributed by atoms with Crippen LogP contribution in [0.15, 0.2) is 0 Å². The van der Waals surface area contributed by atoms with Gasteiger partial charge in [-0.3, -0.25) is 0 Å². The molecule has 0 bridgehead atoms. The van der Waals surface area contributed by atoms with Crippen molar-refractivity contribution in [2.45, 2.75) is 45.6 Å². The van der Waals surface area contributed by atoms with E-state index < -0.39 is 0 Å². The molecule has 0 aromatic rings. The number of rotatable bonds is 9. The first kappa shape index (κ1) is 13.9. The van der Waals surface area contributed by atoms with Crippen molar-refractivity contribution in [3.63, 3.8) is 0 Å². The first-order valence-electron chi connectivity index (χ1n) is 6.68. The average Bonchev–Trinajstić information content (AvgIpc) is 2.74. The summed E-state index contributed by atoms with van der Waals surface area (Å²) in [6.07, 6.45) is 5.11. The minimum atomic E-state index is 0.619. The molecule has 0 aromatic carbocycles. The maximum absolute atomic E-state index is 5.52. The summed E-state index contributed by atoms with van der Waals surface area (Å²) in [6.45, 7) is 8.72. The van der Waals surface area contributed by atoms with Crippen molar-refractivity contribution in [3.05, 3.63) is 0 Å². The number of ether oxygens (including phenoxy) is 2. The number of nitrogens with one attached hydrogen (secondary N) is 1. The van der Waals surface area contributed by atoms with Gasteiger partial charge >= 0.3 is 0 Å². The third-order valence-corrected chi connectivity index (χ3v) is 2.83. The predicted octanol–water partition coefficient (Wildman–Crippen LogP) is 2.21. The monoisotopic (exact) mass is 229 g/mol. The van der Waals surface area contributed by atoms with E-state index in [4.69, 9.17) is 9.47 Å². The van der Waals surface area contributed by atoms with E-state index in [1.807, 2.05) is 0 Å². The van der Waals surface area contributed by atoms with Gasteiger partial charge in [0, 0.05) is 19.3 Å². The molecular weight excluding hydrogens is 202 g/mol. The fraction of sp³-hybridized carbons (Fsp3) is 1.00. The Kier molecular flexibility index (Phi) is 7.81. The summed E-state index contributed by atoms with van der Waals surface area (Å²) < 4.78 is 11.0. The smallest absolute Gasteiger partial charge is 0.0700 e. The van der Waals surface area contributed by atoms with Gasteiger partial charge in [0.1, 0.15) is 0 Å². The van der Waals surface area contributed by atoms with Gasteiger partial charge in [0.25, 0.3) is 0 Å². The van der Waals surface area contributed by atoms with Gasteiger partial charge in [-0.25, -0.2) is 0 Å². The molecule has 1 unspecified atom stereocenters. The zero-order valence-corrected chi connectivity index (χ0v) is 10.8. The lowest BCUT2D eigenvalue weighted by atomic mass is 10.1. The Morgan fingerprint density at radius 2 is 2.00 bits per heavy atom. The van der Waals surface area contributed by atoms with E-state index in [9.17, 15) is 0 Å². The molecule has 3 nitrogen and oxygen atoms in total. The van der Waals surface area contributed by atoms with Crippen molar-refractivity contribution >= 4 is 0 Å². The van der Waals surface area contributed by atoms with E-state index in [1.165, 1.54) is 32.2 Å². The maximum atomic E-state index is 5.52. The average molecular weight is 229 g/mol. The summed E-state index contributed by atoms with van der Waals surface area (Å²) in [5.41, 5.74) is 0. The molecule has 1 atom stereocenters. The third-order valence-electron chi connectivity index (χ3n) is 2.83. The number of hydrogen-bond donors (Lipinski definition) is 1. The van der Waals surface area contributed by atoms with Gasteiger partial charge in [0.15, 0.2) is 0 Å². The van der Waals surface area contributed by atoms with Crippen molar-refractivity contribution in [1.29, 1.82) is 0 Å². The topological polar surface area (TPSA) is 30.5 Å². The van der Waals surface area contributed by atoms with Crippen LogP contribution in [0.1, 0.15) is 39.5 Å². The zero-order valence-electron chi connectivity index (χ0n) is 10.8. The van der Waals surface area contributed by atoms with Crippen LogP contribution in [0, 0.1) is 5.92 Å². The quantitative estimate of drug-likeness (QED) is 0.615. The van der Waals surface area contributed by atoms with Crippen molar-refractivity contribution in [1.82, 2.24) is 5.32 Å². The van der Waals surface area contributed by atoms with Crippen molar-refractivity contribution < 1.29 is 9.47 Å². The maximum Gasteiger partial charge on any atom is 0.0700 e. The van der Waals surface area contributed by atoms with Crippen LogP contribution in [0.3, 0.4) is 0 Å². The zero-order chi connectivity index (χ0) is 11.6. The molecule has 1 N–H and O–H groups in total. The highest BCUT2D eigenvalue weighted by Crippen LogP contribution is 2.10. The molecule has 0 aliphatic carbocycles. The lowest BCUT2D eigenvalue weighted by Gasteiger charge is -2.10. The fourth-order valence-electron chi connectivity index (χ4n) is 1.97. The lowest BCUT2D eigenvalue weighted by Crippen LogP contribution is -2.21. The summed E-state index contributed by atoms with van der Waals surface area (Å²) in [5, 5.41) is 3.50. The molecule has 1 rings (SSSR count). The molecular formula is C13H27NO2. The normalized spacial score (nSPS) is 20.8. The van der Waals surface area contributed by atoms with Crippen LogP contribution in [-0.2, 0) is 9.47 Å². The third kappa shape index (κ3) is 7.20. The standard InChI is InChI=1S/C13H27NO2/c1-12(2)11-16-10-9-15-8-4-6-13-5-3-7-14-13/h12-14H,3-11H2,1-2H3. The molecule has 1 aliphatic rings. The van der Waals surface area contributed by atoms with Crippen LogP contribution < -0.4 is 5.32 Å². The van der Waals surface area contributed by atoms with Crippen LogP contribution >= 0.6 is 0 Å². The highest BCUT2D eigenvalue weighted by molar-refractivity contribution is 4.73. The Morgan fingerprint density at radius 3 is 2.69 bits per heavy atom. The van der Waals surface area contributed by atoms with Gasteiger partial charge in [0.2, 0.25) is 0 Å². The van der Waals surface area contributed by atoms with E-state index in [1.54, 1.807) is 0 Å². The van der Waals surface area contributed by atoms with Crippen molar-refractivity contribution in [2.24, 2.45) is 5.92 Å². The SMILES string of the molecule is CC(C)COCCOCCCC1CCCN1. The van der Waals surface area contributed by atoms with E-state index in [0.717, 1.165) is 32.5 Å². The number of hydrogen-bond acceptors (Lipinski definition) is 3. The fourth-order valence-corrected chi connectivity index (χ4v) is 1.97.